The summed E-state index contributed by atoms with van der Waals surface area (Å²) >= 11 is 0. The summed E-state index contributed by atoms with van der Waals surface area (Å²) in [5.41, 5.74) is 0. The number of unbranched alkanes of at least 4 members (excludes halogenated alkanes) is 56. The number of hydrogen-bond acceptors (Lipinski definition) is 6. The van der Waals surface area contributed by atoms with E-state index in [2.05, 4.69) is 32.9 Å². The molecule has 0 fully saturated rings. The zero-order valence-electron chi connectivity index (χ0n) is 54.6. The summed E-state index contributed by atoms with van der Waals surface area (Å²) in [7, 11) is 0. The zero-order valence-corrected chi connectivity index (χ0v) is 54.6. The topological polar surface area (TPSA) is 78.9 Å². The second kappa shape index (κ2) is 69.6. The summed E-state index contributed by atoms with van der Waals surface area (Å²) in [6.07, 6.45) is 83.9. The van der Waals surface area contributed by atoms with Crippen LogP contribution in [0.2, 0.25) is 0 Å². The van der Waals surface area contributed by atoms with Crippen LogP contribution in [-0.2, 0) is 28.6 Å². The molecule has 6 heteroatoms. The third-order valence-corrected chi connectivity index (χ3v) is 17.0. The Morgan fingerprint density at radius 1 is 0.237 bits per heavy atom. The van der Waals surface area contributed by atoms with Gasteiger partial charge in [-0.3, -0.25) is 14.4 Å². The maximum Gasteiger partial charge on any atom is 0.306 e. The Hall–Kier alpha value is -1.85. The second-order valence-electron chi connectivity index (χ2n) is 25.2. The molecular weight excluding hydrogens is 985 g/mol. The van der Waals surface area contributed by atoms with Gasteiger partial charge in [-0.15, -0.1) is 0 Å². The summed E-state index contributed by atoms with van der Waals surface area (Å²) < 4.78 is 17.0. The Balaban J connectivity index is 4.26. The van der Waals surface area contributed by atoms with Crippen molar-refractivity contribution in [2.24, 2.45) is 0 Å². The molecule has 1 atom stereocenters. The maximum absolute atomic E-state index is 13.0. The van der Waals surface area contributed by atoms with Crippen LogP contribution < -0.4 is 0 Å². The minimum Gasteiger partial charge on any atom is -0.462 e. The Morgan fingerprint density at radius 3 is 0.625 bits per heavy atom. The first-order valence-electron chi connectivity index (χ1n) is 36.7. The van der Waals surface area contributed by atoms with Crippen LogP contribution >= 0.6 is 0 Å². The van der Waals surface area contributed by atoms with Crippen molar-refractivity contribution in [3.63, 3.8) is 0 Å². The van der Waals surface area contributed by atoms with E-state index in [0.717, 1.165) is 57.8 Å². The Kier molecular flexibility index (Phi) is 68.0. The molecule has 0 aromatic rings. The largest absolute Gasteiger partial charge is 0.462 e. The van der Waals surface area contributed by atoms with Crippen LogP contribution in [0.15, 0.2) is 12.2 Å². The molecule has 0 aromatic heterocycles. The molecule has 0 amide bonds. The van der Waals surface area contributed by atoms with Crippen LogP contribution in [0.5, 0.6) is 0 Å². The molecule has 6 nitrogen and oxygen atoms in total. The van der Waals surface area contributed by atoms with Crippen molar-refractivity contribution >= 4 is 17.9 Å². The van der Waals surface area contributed by atoms with Crippen LogP contribution in [-0.4, -0.2) is 37.2 Å². The number of hydrogen-bond donors (Lipinski definition) is 0. The lowest BCUT2D eigenvalue weighted by Crippen LogP contribution is -2.30. The smallest absolute Gasteiger partial charge is 0.306 e. The summed E-state index contributed by atoms with van der Waals surface area (Å²) in [6, 6.07) is 0. The van der Waals surface area contributed by atoms with Crippen LogP contribution in [0.1, 0.15) is 425 Å². The predicted molar refractivity (Wildman–Crippen MR) is 349 cm³/mol. The summed E-state index contributed by atoms with van der Waals surface area (Å²) in [5.74, 6) is -0.829. The molecule has 474 valence electrons. The van der Waals surface area contributed by atoms with Gasteiger partial charge in [0, 0.05) is 19.3 Å². The van der Waals surface area contributed by atoms with Gasteiger partial charge in [0.25, 0.3) is 0 Å². The van der Waals surface area contributed by atoms with Crippen LogP contribution in [0, 0.1) is 0 Å². The van der Waals surface area contributed by atoms with Gasteiger partial charge in [-0.25, -0.2) is 0 Å². The molecule has 0 aliphatic carbocycles. The van der Waals surface area contributed by atoms with Gasteiger partial charge in [-0.05, 0) is 44.9 Å². The lowest BCUT2D eigenvalue weighted by molar-refractivity contribution is -0.167. The summed E-state index contributed by atoms with van der Waals surface area (Å²) in [6.45, 7) is 6.74. The number of carbonyl (C=O) groups excluding carboxylic acids is 3. The highest BCUT2D eigenvalue weighted by molar-refractivity contribution is 5.71. The number of rotatable bonds is 69. The number of carbonyl (C=O) groups is 3. The molecule has 0 aromatic carbocycles. The van der Waals surface area contributed by atoms with E-state index in [-0.39, 0.29) is 31.1 Å². The lowest BCUT2D eigenvalue weighted by atomic mass is 10.0. The first-order chi connectivity index (χ1) is 39.5. The molecule has 0 N–H and O–H groups in total. The van der Waals surface area contributed by atoms with Crippen LogP contribution in [0.4, 0.5) is 0 Å². The van der Waals surface area contributed by atoms with Gasteiger partial charge in [0.2, 0.25) is 0 Å². The first kappa shape index (κ1) is 78.1. The van der Waals surface area contributed by atoms with Gasteiger partial charge in [-0.1, -0.05) is 373 Å². The van der Waals surface area contributed by atoms with E-state index in [0.29, 0.717) is 19.3 Å². The molecule has 80 heavy (non-hydrogen) atoms. The Bertz CT molecular complexity index is 1250. The molecule has 0 rings (SSSR count). The SMILES string of the molecule is CCCCCCCCC/C=C\CCCCCCCCCC(=O)OCC(COC(=O)CCCCCCCCCCCCCCCCCCCCCCCCCC)OC(=O)CCCCCCCCCCCCCCCCCCCCCC. The molecular formula is C74H142O6. The van der Waals surface area contributed by atoms with Gasteiger partial charge in [-0.2, -0.15) is 0 Å². The van der Waals surface area contributed by atoms with Gasteiger partial charge < -0.3 is 14.2 Å². The molecule has 0 saturated heterocycles. The molecule has 1 unspecified atom stereocenters. The average Bonchev–Trinajstić information content (AvgIpc) is 3.46. The average molecular weight is 1130 g/mol. The van der Waals surface area contributed by atoms with Crippen molar-refractivity contribution in [1.29, 1.82) is 0 Å². The first-order valence-corrected chi connectivity index (χ1v) is 36.7. The van der Waals surface area contributed by atoms with Crippen molar-refractivity contribution in [1.82, 2.24) is 0 Å². The summed E-state index contributed by atoms with van der Waals surface area (Å²) in [4.78, 5) is 38.5. The zero-order chi connectivity index (χ0) is 57.8. The third kappa shape index (κ3) is 66.9. The normalized spacial score (nSPS) is 12.0. The van der Waals surface area contributed by atoms with E-state index < -0.39 is 6.10 Å². The van der Waals surface area contributed by atoms with Crippen LogP contribution in [0.25, 0.3) is 0 Å². The molecule has 0 radical (unpaired) electrons. The molecule has 0 heterocycles. The highest BCUT2D eigenvalue weighted by Gasteiger charge is 2.20. The minimum atomic E-state index is -0.769. The third-order valence-electron chi connectivity index (χ3n) is 17.0. The van der Waals surface area contributed by atoms with E-state index in [9.17, 15) is 14.4 Å². The fourth-order valence-electron chi connectivity index (χ4n) is 11.5. The second-order valence-corrected chi connectivity index (χ2v) is 25.2. The fourth-order valence-corrected chi connectivity index (χ4v) is 11.5. The Morgan fingerprint density at radius 2 is 0.412 bits per heavy atom. The molecule has 0 aliphatic heterocycles. The van der Waals surface area contributed by atoms with E-state index in [1.165, 1.54) is 327 Å². The quantitative estimate of drug-likeness (QED) is 0.0261. The summed E-state index contributed by atoms with van der Waals surface area (Å²) in [5, 5.41) is 0. The van der Waals surface area contributed by atoms with E-state index in [1.54, 1.807) is 0 Å². The minimum absolute atomic E-state index is 0.0640. The van der Waals surface area contributed by atoms with Crippen molar-refractivity contribution < 1.29 is 28.6 Å². The molecule has 0 aliphatic rings. The molecule has 0 saturated carbocycles. The van der Waals surface area contributed by atoms with Crippen molar-refractivity contribution in [2.75, 3.05) is 13.2 Å². The molecule has 0 spiro atoms. The highest BCUT2D eigenvalue weighted by Crippen LogP contribution is 2.19. The molecule has 0 bridgehead atoms. The van der Waals surface area contributed by atoms with Crippen LogP contribution in [0.3, 0.4) is 0 Å². The number of esters is 3. The monoisotopic (exact) mass is 1130 g/mol. The number of ether oxygens (including phenoxy) is 3. The van der Waals surface area contributed by atoms with Gasteiger partial charge >= 0.3 is 17.9 Å². The lowest BCUT2D eigenvalue weighted by Gasteiger charge is -2.18. The number of allylic oxidation sites excluding steroid dienone is 2. The highest BCUT2D eigenvalue weighted by atomic mass is 16.6. The van der Waals surface area contributed by atoms with Crippen molar-refractivity contribution in [2.45, 2.75) is 431 Å². The fraction of sp³-hybridized carbons (Fsp3) is 0.932. The predicted octanol–water partition coefficient (Wildman–Crippen LogP) is 25.2. The van der Waals surface area contributed by atoms with Gasteiger partial charge in [0.05, 0.1) is 0 Å². The van der Waals surface area contributed by atoms with Gasteiger partial charge in [0.15, 0.2) is 6.10 Å². The standard InChI is InChI=1S/C74H142O6/c1-4-7-10-13-16-19-22-25-28-31-34-36-37-38-39-41-43-46-49-52-55-58-61-64-67-73(76)79-70-71(69-78-72(75)66-63-60-57-54-51-48-45-42-33-30-27-24-21-18-15-12-9-6-3)80-74(77)68-65-62-59-56-53-50-47-44-40-35-32-29-26-23-20-17-14-11-8-5-2/h30,33,71H,4-29,31-32,34-70H2,1-3H3/b33-30-. The van der Waals surface area contributed by atoms with Crippen molar-refractivity contribution in [3.05, 3.63) is 12.2 Å². The van der Waals surface area contributed by atoms with E-state index in [1.807, 2.05) is 0 Å². The van der Waals surface area contributed by atoms with Crippen molar-refractivity contribution in [3.8, 4) is 0 Å². The van der Waals surface area contributed by atoms with E-state index >= 15 is 0 Å². The van der Waals surface area contributed by atoms with Gasteiger partial charge in [0.1, 0.15) is 13.2 Å². The maximum atomic E-state index is 13.0. The van der Waals surface area contributed by atoms with E-state index in [4.69, 9.17) is 14.2 Å². The Labute approximate surface area is 501 Å².